The molecule has 9 heteroatoms. The minimum absolute atomic E-state index is 0.127. The van der Waals surface area contributed by atoms with Crippen LogP contribution in [0.3, 0.4) is 0 Å². The summed E-state index contributed by atoms with van der Waals surface area (Å²) in [5, 5.41) is 13.7. The molecule has 110 valence electrons. The number of nitrogen functional groups attached to an aromatic ring is 1. The lowest BCUT2D eigenvalue weighted by Gasteiger charge is -2.11. The van der Waals surface area contributed by atoms with Crippen LogP contribution in [0.1, 0.15) is 5.56 Å². The predicted octanol–water partition coefficient (Wildman–Crippen LogP) is 3.23. The van der Waals surface area contributed by atoms with Crippen LogP contribution in [-0.4, -0.2) is 9.91 Å². The van der Waals surface area contributed by atoms with Gasteiger partial charge < -0.3 is 10.7 Å². The first kappa shape index (κ1) is 15.1. The van der Waals surface area contributed by atoms with E-state index in [1.54, 1.807) is 13.0 Å². The molecule has 0 aliphatic carbocycles. The van der Waals surface area contributed by atoms with E-state index in [-0.39, 0.29) is 17.3 Å². The fourth-order valence-corrected chi connectivity index (χ4v) is 2.14. The molecular weight excluding hydrogens is 345 g/mol. The Hall–Kier alpha value is -2.26. The highest BCUT2D eigenvalue weighted by Gasteiger charge is 2.12. The van der Waals surface area contributed by atoms with E-state index in [2.05, 4.69) is 31.7 Å². The molecule has 0 unspecified atom stereocenters. The lowest BCUT2D eigenvalue weighted by atomic mass is 10.2. The smallest absolute Gasteiger partial charge is 0.276 e. The van der Waals surface area contributed by atoms with Crippen LogP contribution < -0.4 is 16.6 Å². The zero-order valence-corrected chi connectivity index (χ0v) is 12.4. The van der Waals surface area contributed by atoms with Crippen molar-refractivity contribution >= 4 is 38.9 Å². The number of hydrazine groups is 1. The number of rotatable bonds is 4. The fraction of sp³-hybridized carbons (Fsp3) is 0.0833. The van der Waals surface area contributed by atoms with Crippen molar-refractivity contribution in [3.63, 3.8) is 0 Å². The van der Waals surface area contributed by atoms with Crippen LogP contribution in [0.2, 0.25) is 0 Å². The molecule has 0 aliphatic rings. The van der Waals surface area contributed by atoms with Crippen molar-refractivity contribution in [3.05, 3.63) is 50.2 Å². The third-order valence-electron chi connectivity index (χ3n) is 2.70. The molecule has 1 aromatic carbocycles. The fourth-order valence-electron chi connectivity index (χ4n) is 1.68. The molecule has 0 aliphatic heterocycles. The summed E-state index contributed by atoms with van der Waals surface area (Å²) < 4.78 is 13.9. The van der Waals surface area contributed by atoms with Crippen molar-refractivity contribution in [2.24, 2.45) is 5.84 Å². The molecule has 0 saturated carbocycles. The first-order chi connectivity index (χ1) is 9.90. The molecule has 0 spiro atoms. The molecule has 4 N–H and O–H groups in total. The van der Waals surface area contributed by atoms with E-state index in [1.807, 2.05) is 0 Å². The number of nitrogens with one attached hydrogen (secondary N) is 2. The molecule has 0 atom stereocenters. The highest BCUT2D eigenvalue weighted by molar-refractivity contribution is 9.10. The van der Waals surface area contributed by atoms with E-state index in [0.717, 1.165) is 5.56 Å². The lowest BCUT2D eigenvalue weighted by molar-refractivity contribution is -0.384. The van der Waals surface area contributed by atoms with Crippen LogP contribution in [0.15, 0.2) is 28.7 Å². The van der Waals surface area contributed by atoms with E-state index < -0.39 is 10.7 Å². The van der Waals surface area contributed by atoms with Crippen molar-refractivity contribution in [3.8, 4) is 0 Å². The van der Waals surface area contributed by atoms with Crippen molar-refractivity contribution in [2.45, 2.75) is 6.92 Å². The number of nitrogens with zero attached hydrogens (tertiary/aromatic N) is 2. The minimum atomic E-state index is -0.567. The van der Waals surface area contributed by atoms with E-state index >= 15 is 0 Å². The van der Waals surface area contributed by atoms with Crippen molar-refractivity contribution in [1.82, 2.24) is 4.98 Å². The summed E-state index contributed by atoms with van der Waals surface area (Å²) in [6, 6.07) is 5.30. The molecule has 21 heavy (non-hydrogen) atoms. The highest BCUT2D eigenvalue weighted by Crippen LogP contribution is 2.28. The maximum Gasteiger partial charge on any atom is 0.276 e. The number of hydrogen-bond acceptors (Lipinski definition) is 6. The van der Waals surface area contributed by atoms with Gasteiger partial charge in [0.1, 0.15) is 17.5 Å². The Morgan fingerprint density at radius 2 is 2.00 bits per heavy atom. The van der Waals surface area contributed by atoms with Gasteiger partial charge in [-0.25, -0.2) is 15.2 Å². The number of aromatic nitrogens is 1. The molecular formula is C12H11BrFN5O2. The Morgan fingerprint density at radius 1 is 1.33 bits per heavy atom. The molecule has 1 heterocycles. The first-order valence-electron chi connectivity index (χ1n) is 5.76. The van der Waals surface area contributed by atoms with E-state index in [9.17, 15) is 14.5 Å². The number of pyridine rings is 1. The van der Waals surface area contributed by atoms with Gasteiger partial charge in [0, 0.05) is 5.69 Å². The molecule has 7 nitrogen and oxygen atoms in total. The van der Waals surface area contributed by atoms with Gasteiger partial charge in [0.15, 0.2) is 0 Å². The monoisotopic (exact) mass is 355 g/mol. The van der Waals surface area contributed by atoms with Crippen LogP contribution >= 0.6 is 15.9 Å². The zero-order valence-electron chi connectivity index (χ0n) is 10.9. The van der Waals surface area contributed by atoms with Gasteiger partial charge in [-0.3, -0.25) is 10.1 Å². The van der Waals surface area contributed by atoms with E-state index in [1.165, 1.54) is 18.2 Å². The number of anilines is 3. The second-order valence-corrected chi connectivity index (χ2v) is 5.06. The maximum absolute atomic E-state index is 13.6. The summed E-state index contributed by atoms with van der Waals surface area (Å²) in [5.41, 5.74) is 3.26. The van der Waals surface area contributed by atoms with Crippen molar-refractivity contribution < 1.29 is 9.31 Å². The SMILES string of the molecule is Cc1cc(Br)c(F)cc1Nc1cc([N+](=O)[O-])cc(NN)n1. The van der Waals surface area contributed by atoms with Gasteiger partial charge in [0.25, 0.3) is 5.69 Å². The van der Waals surface area contributed by atoms with E-state index in [0.29, 0.717) is 10.2 Å². The van der Waals surface area contributed by atoms with Gasteiger partial charge >= 0.3 is 0 Å². The average molecular weight is 356 g/mol. The molecule has 0 fully saturated rings. The number of benzene rings is 1. The first-order valence-corrected chi connectivity index (χ1v) is 6.56. The number of aryl methyl sites for hydroxylation is 1. The Bertz CT molecular complexity index is 710. The van der Waals surface area contributed by atoms with Crippen LogP contribution in [0.4, 0.5) is 27.4 Å². The number of hydrogen-bond donors (Lipinski definition) is 3. The summed E-state index contributed by atoms with van der Waals surface area (Å²) in [4.78, 5) is 14.3. The van der Waals surface area contributed by atoms with Crippen LogP contribution in [0.25, 0.3) is 0 Å². The maximum atomic E-state index is 13.6. The summed E-state index contributed by atoms with van der Waals surface area (Å²) in [7, 11) is 0. The van der Waals surface area contributed by atoms with E-state index in [4.69, 9.17) is 5.84 Å². The normalized spacial score (nSPS) is 10.3. The predicted molar refractivity (Wildman–Crippen MR) is 80.8 cm³/mol. The highest BCUT2D eigenvalue weighted by atomic mass is 79.9. The summed E-state index contributed by atoms with van der Waals surface area (Å²) in [6.45, 7) is 1.77. The van der Waals surface area contributed by atoms with Gasteiger partial charge in [-0.1, -0.05) is 0 Å². The molecule has 0 radical (unpaired) electrons. The number of nitrogens with two attached hydrogens (primary N) is 1. The molecule has 1 aromatic heterocycles. The zero-order chi connectivity index (χ0) is 15.6. The average Bonchev–Trinajstić information content (AvgIpc) is 2.44. The number of nitro groups is 1. The van der Waals surface area contributed by atoms with Gasteiger partial charge in [0.05, 0.1) is 21.5 Å². The van der Waals surface area contributed by atoms with Crippen LogP contribution in [-0.2, 0) is 0 Å². The van der Waals surface area contributed by atoms with Gasteiger partial charge in [0.2, 0.25) is 0 Å². The molecule has 2 aromatic rings. The number of halogens is 2. The Balaban J connectivity index is 2.41. The lowest BCUT2D eigenvalue weighted by Crippen LogP contribution is -2.10. The summed E-state index contributed by atoms with van der Waals surface area (Å²) in [6.07, 6.45) is 0. The Morgan fingerprint density at radius 3 is 2.62 bits per heavy atom. The third kappa shape index (κ3) is 3.44. The topological polar surface area (TPSA) is 106 Å². The third-order valence-corrected chi connectivity index (χ3v) is 3.31. The molecule has 0 amide bonds. The molecule has 0 saturated heterocycles. The van der Waals surface area contributed by atoms with Crippen molar-refractivity contribution in [1.29, 1.82) is 0 Å². The summed E-state index contributed by atoms with van der Waals surface area (Å²) >= 11 is 3.08. The second kappa shape index (κ2) is 6.02. The van der Waals surface area contributed by atoms with Gasteiger partial charge in [-0.2, -0.15) is 0 Å². The Labute approximate surface area is 127 Å². The molecule has 0 bridgehead atoms. The standard InChI is InChI=1S/C12H11BrFN5O2/c1-6-2-8(13)9(14)5-10(6)16-11-3-7(19(20)21)4-12(17-11)18-15/h2-5H,15H2,1H3,(H2,16,17,18). The quantitative estimate of drug-likeness (QED) is 0.441. The summed E-state index contributed by atoms with van der Waals surface area (Å²) in [5.74, 6) is 5.08. The van der Waals surface area contributed by atoms with Crippen molar-refractivity contribution in [2.75, 3.05) is 10.7 Å². The van der Waals surface area contributed by atoms with Crippen LogP contribution in [0, 0.1) is 22.9 Å². The van der Waals surface area contributed by atoms with Gasteiger partial charge in [-0.05, 0) is 40.5 Å². The minimum Gasteiger partial charge on any atom is -0.340 e. The van der Waals surface area contributed by atoms with Gasteiger partial charge in [-0.15, -0.1) is 0 Å². The Kier molecular flexibility index (Phi) is 4.34. The second-order valence-electron chi connectivity index (χ2n) is 4.20. The largest absolute Gasteiger partial charge is 0.340 e. The molecule has 2 rings (SSSR count). The van der Waals surface area contributed by atoms with Crippen LogP contribution in [0.5, 0.6) is 0 Å².